The summed E-state index contributed by atoms with van der Waals surface area (Å²) in [6.45, 7) is 13.6. The molecule has 0 saturated carbocycles. The van der Waals surface area contributed by atoms with E-state index in [9.17, 15) is 0 Å². The number of hydrogen-bond acceptors (Lipinski definition) is 1. The maximum absolute atomic E-state index is 4.17. The van der Waals surface area contributed by atoms with Gasteiger partial charge in [-0.15, -0.1) is 25.8 Å². The van der Waals surface area contributed by atoms with E-state index in [1.165, 1.54) is 0 Å². The molecule has 1 heteroatoms. The van der Waals surface area contributed by atoms with E-state index in [0.717, 1.165) is 10.5 Å². The Morgan fingerprint density at radius 2 is 1.82 bits per heavy atom. The summed E-state index contributed by atoms with van der Waals surface area (Å²) in [6, 6.07) is 0. The molecule has 0 aliphatic heterocycles. The molecule has 0 radical (unpaired) electrons. The van der Waals surface area contributed by atoms with Gasteiger partial charge in [0, 0.05) is 4.91 Å². The fourth-order valence-electron chi connectivity index (χ4n) is 0.496. The monoisotopic (exact) mass is 168 g/mol. The highest BCUT2D eigenvalue weighted by Gasteiger charge is 1.84. The molecule has 0 saturated heterocycles. The fraction of sp³-hybridized carbons (Fsp3) is 0.200. The highest BCUT2D eigenvalue weighted by Crippen LogP contribution is 2.09. The lowest BCUT2D eigenvalue weighted by Crippen LogP contribution is -1.70. The van der Waals surface area contributed by atoms with Crippen LogP contribution in [0.2, 0.25) is 0 Å². The van der Waals surface area contributed by atoms with Crippen molar-refractivity contribution >= 4 is 12.6 Å². The molecule has 0 nitrogen and oxygen atoms in total. The van der Waals surface area contributed by atoms with Crippen molar-refractivity contribution in [3.63, 3.8) is 0 Å². The second-order valence-corrected chi connectivity index (χ2v) is 2.25. The molecule has 0 aliphatic carbocycles. The highest BCUT2D eigenvalue weighted by atomic mass is 32.1. The van der Waals surface area contributed by atoms with E-state index < -0.39 is 0 Å². The largest absolute Gasteiger partial charge is 0.143 e. The van der Waals surface area contributed by atoms with E-state index in [1.54, 1.807) is 6.08 Å². The first kappa shape index (κ1) is 12.9. The second-order valence-electron chi connectivity index (χ2n) is 1.77. The van der Waals surface area contributed by atoms with Crippen molar-refractivity contribution < 1.29 is 0 Å². The molecule has 11 heavy (non-hydrogen) atoms. The molecule has 0 N–H and O–H groups in total. The van der Waals surface area contributed by atoms with Crippen LogP contribution in [0.25, 0.3) is 0 Å². The average Bonchev–Trinajstić information content (AvgIpc) is 2.07. The van der Waals surface area contributed by atoms with Crippen LogP contribution < -0.4 is 0 Å². The van der Waals surface area contributed by atoms with Crippen LogP contribution in [-0.2, 0) is 0 Å². The van der Waals surface area contributed by atoms with Crippen molar-refractivity contribution in [1.82, 2.24) is 0 Å². The summed E-state index contributed by atoms with van der Waals surface area (Å²) >= 11 is 4.17. The molecule has 0 amide bonds. The minimum atomic E-state index is 0.938. The molecule has 0 spiro atoms. The van der Waals surface area contributed by atoms with Gasteiger partial charge in [0.15, 0.2) is 0 Å². The van der Waals surface area contributed by atoms with Gasteiger partial charge in [-0.3, -0.25) is 0 Å². The van der Waals surface area contributed by atoms with Crippen molar-refractivity contribution in [3.05, 3.63) is 48.4 Å². The maximum atomic E-state index is 4.17. The summed E-state index contributed by atoms with van der Waals surface area (Å²) in [6.07, 6.45) is 5.72. The number of rotatable bonds is 2. The summed E-state index contributed by atoms with van der Waals surface area (Å²) in [5.41, 5.74) is 1.15. The van der Waals surface area contributed by atoms with E-state index >= 15 is 0 Å². The number of thiol groups is 1. The number of allylic oxidation sites excluding steroid dienone is 4. The van der Waals surface area contributed by atoms with Crippen LogP contribution in [0.15, 0.2) is 48.4 Å². The van der Waals surface area contributed by atoms with Crippen molar-refractivity contribution in [3.8, 4) is 0 Å². The topological polar surface area (TPSA) is 0 Å². The van der Waals surface area contributed by atoms with Gasteiger partial charge in [-0.1, -0.05) is 24.8 Å². The van der Waals surface area contributed by atoms with E-state index in [4.69, 9.17) is 0 Å². The van der Waals surface area contributed by atoms with Gasteiger partial charge in [-0.2, -0.15) is 0 Å². The van der Waals surface area contributed by atoms with Gasteiger partial charge in [0.2, 0.25) is 0 Å². The van der Waals surface area contributed by atoms with Gasteiger partial charge in [0.1, 0.15) is 0 Å². The summed E-state index contributed by atoms with van der Waals surface area (Å²) in [5, 5.41) is 0. The van der Waals surface area contributed by atoms with Gasteiger partial charge >= 0.3 is 0 Å². The lowest BCUT2D eigenvalue weighted by molar-refractivity contribution is 1.49. The average molecular weight is 168 g/mol. The van der Waals surface area contributed by atoms with Gasteiger partial charge in [0.25, 0.3) is 0 Å². The van der Waals surface area contributed by atoms with Crippen molar-refractivity contribution in [2.45, 2.75) is 13.8 Å². The molecule has 0 unspecified atom stereocenters. The van der Waals surface area contributed by atoms with Crippen molar-refractivity contribution in [2.75, 3.05) is 0 Å². The zero-order chi connectivity index (χ0) is 9.28. The molecular weight excluding hydrogens is 152 g/mol. The molecular formula is C10H16S. The maximum Gasteiger partial charge on any atom is 0.00632 e. The minimum absolute atomic E-state index is 0.938. The normalized spacial score (nSPS) is 11.5. The summed E-state index contributed by atoms with van der Waals surface area (Å²) in [7, 11) is 0. The Kier molecular flexibility index (Phi) is 11.0. The number of hydrogen-bond donors (Lipinski definition) is 1. The van der Waals surface area contributed by atoms with Crippen LogP contribution in [-0.4, -0.2) is 0 Å². The highest BCUT2D eigenvalue weighted by molar-refractivity contribution is 7.84. The molecule has 0 heterocycles. The van der Waals surface area contributed by atoms with Gasteiger partial charge in [0.05, 0.1) is 0 Å². The third kappa shape index (κ3) is 7.20. The third-order valence-electron chi connectivity index (χ3n) is 1.01. The zero-order valence-corrected chi connectivity index (χ0v) is 8.20. The molecule has 62 valence electrons. The fourth-order valence-corrected chi connectivity index (χ4v) is 0.571. The van der Waals surface area contributed by atoms with Crippen molar-refractivity contribution in [2.24, 2.45) is 0 Å². The summed E-state index contributed by atoms with van der Waals surface area (Å²) in [5.74, 6) is 0. The van der Waals surface area contributed by atoms with Crippen molar-refractivity contribution in [1.29, 1.82) is 0 Å². The van der Waals surface area contributed by atoms with E-state index in [1.807, 2.05) is 26.0 Å². The standard InChI is InChI=1S/C8H12S.C2H4/c1-4-6-7(3)8(9)5-2;1-2/h4-6,9H,2H2,1,3H3;1-2H2/b6-4-,8-7+;. The Morgan fingerprint density at radius 1 is 1.36 bits per heavy atom. The molecule has 0 bridgehead atoms. The Labute approximate surface area is 75.4 Å². The lowest BCUT2D eigenvalue weighted by atomic mass is 10.2. The van der Waals surface area contributed by atoms with E-state index in [2.05, 4.69) is 32.4 Å². The van der Waals surface area contributed by atoms with Crippen LogP contribution in [0.1, 0.15) is 13.8 Å². The molecule has 0 aromatic rings. The zero-order valence-electron chi connectivity index (χ0n) is 7.30. The predicted molar refractivity (Wildman–Crippen MR) is 58.0 cm³/mol. The van der Waals surface area contributed by atoms with Gasteiger partial charge < -0.3 is 0 Å². The Balaban J connectivity index is 0. The summed E-state index contributed by atoms with van der Waals surface area (Å²) < 4.78 is 0. The SMILES string of the molecule is C=C.C=C/C(S)=C(C)\C=C/C. The van der Waals surface area contributed by atoms with Crippen LogP contribution in [0.4, 0.5) is 0 Å². The Hall–Kier alpha value is -0.690. The molecule has 0 atom stereocenters. The lowest BCUT2D eigenvalue weighted by Gasteiger charge is -1.92. The van der Waals surface area contributed by atoms with Crippen LogP contribution in [0.5, 0.6) is 0 Å². The molecule has 0 aromatic carbocycles. The smallest absolute Gasteiger partial charge is 0.00632 e. The van der Waals surface area contributed by atoms with Crippen LogP contribution in [0, 0.1) is 0 Å². The van der Waals surface area contributed by atoms with Gasteiger partial charge in [-0.05, 0) is 19.4 Å². The van der Waals surface area contributed by atoms with Crippen LogP contribution in [0.3, 0.4) is 0 Å². The predicted octanol–water partition coefficient (Wildman–Crippen LogP) is 3.75. The van der Waals surface area contributed by atoms with E-state index in [0.29, 0.717) is 0 Å². The molecule has 0 fully saturated rings. The molecule has 0 rings (SSSR count). The second kappa shape index (κ2) is 9.31. The Bertz CT molecular complexity index is 164. The van der Waals surface area contributed by atoms with Crippen LogP contribution >= 0.6 is 12.6 Å². The quantitative estimate of drug-likeness (QED) is 0.362. The van der Waals surface area contributed by atoms with E-state index in [-0.39, 0.29) is 0 Å². The first-order valence-electron chi connectivity index (χ1n) is 3.37. The first-order chi connectivity index (χ1) is 5.22. The first-order valence-corrected chi connectivity index (χ1v) is 3.82. The third-order valence-corrected chi connectivity index (χ3v) is 1.55. The minimum Gasteiger partial charge on any atom is -0.143 e. The Morgan fingerprint density at radius 3 is 2.09 bits per heavy atom. The van der Waals surface area contributed by atoms with Gasteiger partial charge in [-0.25, -0.2) is 0 Å². The molecule has 0 aromatic heterocycles. The molecule has 0 aliphatic rings. The summed E-state index contributed by atoms with van der Waals surface area (Å²) in [4.78, 5) is 0.938.